The van der Waals surface area contributed by atoms with Gasteiger partial charge in [0.05, 0.1) is 54.4 Å². The molecule has 6 rings (SSSR count). The molecule has 0 amide bonds. The summed E-state index contributed by atoms with van der Waals surface area (Å²) in [5.41, 5.74) is 5.67. The van der Waals surface area contributed by atoms with Gasteiger partial charge in [-0.25, -0.2) is 4.79 Å². The number of ketones is 1. The Kier molecular flexibility index (Phi) is 12.1. The topological polar surface area (TPSA) is 143 Å². The summed E-state index contributed by atoms with van der Waals surface area (Å²) in [6.45, 7) is 3.91. The molecule has 13 heteroatoms. The average Bonchev–Trinajstić information content (AvgIpc) is 3.05. The first kappa shape index (κ1) is 34.1. The molecular formula is C32H39N5O6S2. The van der Waals surface area contributed by atoms with Crippen LogP contribution in [0.25, 0.3) is 0 Å². The molecule has 0 radical (unpaired) electrons. The van der Waals surface area contributed by atoms with E-state index in [1.165, 1.54) is 0 Å². The predicted molar refractivity (Wildman–Crippen MR) is 183 cm³/mol. The van der Waals surface area contributed by atoms with Crippen molar-refractivity contribution in [3.8, 4) is 11.5 Å². The zero-order chi connectivity index (χ0) is 31.1. The molecule has 4 heterocycles. The van der Waals surface area contributed by atoms with Crippen LogP contribution in [-0.4, -0.2) is 92.4 Å². The molecule has 4 aliphatic heterocycles. The molecule has 2 aromatic carbocycles. The minimum Gasteiger partial charge on any atom is -0.497 e. The first-order valence-electron chi connectivity index (χ1n) is 14.0. The summed E-state index contributed by atoms with van der Waals surface area (Å²) in [6.07, 6.45) is 0. The van der Waals surface area contributed by atoms with Gasteiger partial charge in [0.15, 0.2) is 11.8 Å². The number of benzene rings is 2. The number of fused-ring (bicyclic) bond motifs is 2. The first-order valence-corrected chi connectivity index (χ1v) is 16.0. The fourth-order valence-corrected chi connectivity index (χ4v) is 7.06. The van der Waals surface area contributed by atoms with Gasteiger partial charge in [-0.3, -0.25) is 14.8 Å². The van der Waals surface area contributed by atoms with Crippen LogP contribution in [0.3, 0.4) is 0 Å². The van der Waals surface area contributed by atoms with Crippen LogP contribution in [-0.2, 0) is 14.3 Å². The molecule has 0 spiro atoms. The van der Waals surface area contributed by atoms with Crippen molar-refractivity contribution < 1.29 is 28.9 Å². The molecule has 0 fully saturated rings. The monoisotopic (exact) mass is 653 g/mol. The van der Waals surface area contributed by atoms with Crippen LogP contribution in [0.15, 0.2) is 79.7 Å². The van der Waals surface area contributed by atoms with Gasteiger partial charge < -0.3 is 35.3 Å². The highest BCUT2D eigenvalue weighted by Crippen LogP contribution is 2.33. The van der Waals surface area contributed by atoms with E-state index in [1.807, 2.05) is 48.5 Å². The van der Waals surface area contributed by atoms with Gasteiger partial charge in [-0.1, -0.05) is 7.43 Å². The van der Waals surface area contributed by atoms with Gasteiger partial charge in [0.2, 0.25) is 0 Å². The molecule has 2 aromatic rings. The molecule has 0 aromatic heterocycles. The molecule has 0 saturated heterocycles. The van der Waals surface area contributed by atoms with Crippen molar-refractivity contribution in [2.45, 2.75) is 26.4 Å². The number of nitrogens with one attached hydrogen (secondary N) is 3. The molecule has 11 nitrogen and oxygen atoms in total. The zero-order valence-electron chi connectivity index (χ0n) is 24.7. The first-order chi connectivity index (χ1) is 21.3. The normalized spacial score (nSPS) is 20.5. The maximum atomic E-state index is 11.5. The Bertz CT molecular complexity index is 1390. The number of aliphatic imine (C=N–C) groups is 2. The molecule has 2 unspecified atom stereocenters. The Morgan fingerprint density at radius 1 is 0.822 bits per heavy atom. The number of carbonyl (C=O) groups excluding carboxylic acids is 1. The molecular weight excluding hydrogens is 615 g/mol. The molecule has 240 valence electrons. The molecule has 0 bridgehead atoms. The van der Waals surface area contributed by atoms with E-state index < -0.39 is 12.0 Å². The molecule has 0 saturated carbocycles. The van der Waals surface area contributed by atoms with Crippen LogP contribution in [0.5, 0.6) is 11.5 Å². The minimum atomic E-state index is -0.866. The summed E-state index contributed by atoms with van der Waals surface area (Å²) < 4.78 is 15.9. The van der Waals surface area contributed by atoms with Gasteiger partial charge in [-0.05, 0) is 55.5 Å². The number of hydrogen-bond acceptors (Lipinski definition) is 12. The summed E-state index contributed by atoms with van der Waals surface area (Å²) in [7, 11) is 3.28. The summed E-state index contributed by atoms with van der Waals surface area (Å²) >= 11 is 3.24. The van der Waals surface area contributed by atoms with Crippen LogP contribution in [0, 0.1) is 0 Å². The largest absolute Gasteiger partial charge is 0.497 e. The second kappa shape index (κ2) is 16.0. The van der Waals surface area contributed by atoms with E-state index >= 15 is 0 Å². The van der Waals surface area contributed by atoms with Crippen LogP contribution >= 0.6 is 23.5 Å². The van der Waals surface area contributed by atoms with Crippen molar-refractivity contribution in [1.29, 1.82) is 0 Å². The lowest BCUT2D eigenvalue weighted by Crippen LogP contribution is -2.39. The highest BCUT2D eigenvalue weighted by atomic mass is 32.2. The second-order valence-corrected chi connectivity index (χ2v) is 12.2. The van der Waals surface area contributed by atoms with Gasteiger partial charge in [-0.15, -0.1) is 23.5 Å². The predicted octanol–water partition coefficient (Wildman–Crippen LogP) is 4.69. The molecule has 4 aliphatic rings. The highest BCUT2D eigenvalue weighted by molar-refractivity contribution is 8.04. The number of thioether (sulfide) groups is 2. The number of nitrogens with zero attached hydrogens (tertiary/aromatic N) is 2. The third-order valence-corrected chi connectivity index (χ3v) is 9.58. The Balaban J connectivity index is 0.000000200. The number of carboxylic acid groups (broad SMARTS) is 1. The van der Waals surface area contributed by atoms with E-state index in [0.717, 1.165) is 55.5 Å². The Hall–Kier alpha value is -3.78. The fraction of sp³-hybridized carbons (Fsp3) is 0.375. The van der Waals surface area contributed by atoms with E-state index in [1.54, 1.807) is 44.7 Å². The Morgan fingerprint density at radius 3 is 1.91 bits per heavy atom. The van der Waals surface area contributed by atoms with Gasteiger partial charge in [-0.2, -0.15) is 0 Å². The van der Waals surface area contributed by atoms with Gasteiger partial charge in [0.1, 0.15) is 17.5 Å². The number of ether oxygens (including phenoxy) is 3. The summed E-state index contributed by atoms with van der Waals surface area (Å²) in [4.78, 5) is 33.6. The van der Waals surface area contributed by atoms with Gasteiger partial charge in [0.25, 0.3) is 0 Å². The lowest BCUT2D eigenvalue weighted by molar-refractivity contribution is -0.137. The van der Waals surface area contributed by atoms with Crippen molar-refractivity contribution in [2.24, 2.45) is 9.98 Å². The van der Waals surface area contributed by atoms with E-state index in [-0.39, 0.29) is 19.3 Å². The highest BCUT2D eigenvalue weighted by Gasteiger charge is 2.30. The summed E-state index contributed by atoms with van der Waals surface area (Å²) in [6, 6.07) is 14.5. The minimum absolute atomic E-state index is 0. The summed E-state index contributed by atoms with van der Waals surface area (Å²) in [5.74, 6) is 2.04. The third-order valence-electron chi connectivity index (χ3n) is 7.07. The smallest absolute Gasteiger partial charge is 0.329 e. The fourth-order valence-electron chi connectivity index (χ4n) is 4.74. The van der Waals surface area contributed by atoms with Crippen molar-refractivity contribution in [2.75, 3.05) is 62.7 Å². The number of anilines is 2. The standard InChI is InChI=1S/C16H18N2O3S.C15H17N3O3S.CH4/c1-10(19)15-9-22-16-13(7-21-8-14(16)18-15)17-11-3-5-12(20-2)6-4-11;1-21-10-4-2-9(3-5-10)17-11-6-16-7-12-14(11)22-8-13(18-12)15(19)20;/h3-6,15,17H,7-9H2,1-2H3;2-5,13,16-17H,6-8H2,1H3,(H,19,20);1H4. The van der Waals surface area contributed by atoms with Crippen molar-refractivity contribution in [1.82, 2.24) is 5.32 Å². The quantitative estimate of drug-likeness (QED) is 0.315. The van der Waals surface area contributed by atoms with Crippen molar-refractivity contribution in [3.05, 3.63) is 69.7 Å². The van der Waals surface area contributed by atoms with Crippen LogP contribution < -0.4 is 25.4 Å². The van der Waals surface area contributed by atoms with Gasteiger partial charge >= 0.3 is 5.97 Å². The third kappa shape index (κ3) is 8.69. The van der Waals surface area contributed by atoms with Crippen molar-refractivity contribution in [3.63, 3.8) is 0 Å². The number of carbonyl (C=O) groups is 2. The number of hydrogen-bond donors (Lipinski definition) is 4. The number of carboxylic acids is 1. The Morgan fingerprint density at radius 2 is 1.36 bits per heavy atom. The average molecular weight is 654 g/mol. The Labute approximate surface area is 272 Å². The maximum absolute atomic E-state index is 11.5. The molecule has 4 N–H and O–H groups in total. The summed E-state index contributed by atoms with van der Waals surface area (Å²) in [5, 5.41) is 19.1. The van der Waals surface area contributed by atoms with Crippen LogP contribution in [0.2, 0.25) is 0 Å². The number of aliphatic carboxylic acids is 1. The molecule has 2 atom stereocenters. The zero-order valence-corrected chi connectivity index (χ0v) is 26.3. The van der Waals surface area contributed by atoms with Crippen LogP contribution in [0.1, 0.15) is 14.4 Å². The maximum Gasteiger partial charge on any atom is 0.329 e. The van der Waals surface area contributed by atoms with E-state index in [4.69, 9.17) is 19.3 Å². The number of rotatable bonds is 8. The second-order valence-electron chi connectivity index (χ2n) is 10.2. The SMILES string of the molecule is C.COc1ccc(NC2=C3SCC(C(=O)O)N=C3CNC2)cc1.COc1ccc(NC2=C3SCC(C(C)=O)N=C3COC2)cc1. The molecule has 45 heavy (non-hydrogen) atoms. The van der Waals surface area contributed by atoms with E-state index in [2.05, 4.69) is 25.9 Å². The van der Waals surface area contributed by atoms with E-state index in [0.29, 0.717) is 37.8 Å². The van der Waals surface area contributed by atoms with Crippen molar-refractivity contribution >= 4 is 58.1 Å². The number of Topliss-reactive ketones (excluding diaryl/α,β-unsaturated/α-hetero) is 1. The molecule has 0 aliphatic carbocycles. The van der Waals surface area contributed by atoms with Crippen LogP contribution in [0.4, 0.5) is 11.4 Å². The van der Waals surface area contributed by atoms with Gasteiger partial charge in [0, 0.05) is 41.7 Å². The number of methoxy groups -OCH3 is 2. The lowest BCUT2D eigenvalue weighted by Gasteiger charge is -2.28. The lowest BCUT2D eigenvalue weighted by atomic mass is 10.2. The van der Waals surface area contributed by atoms with E-state index in [9.17, 15) is 9.59 Å².